The Balaban J connectivity index is 2.67. The molecule has 1 heterocycles. The first kappa shape index (κ1) is 9.54. The van der Waals surface area contributed by atoms with E-state index in [4.69, 9.17) is 5.26 Å². The van der Waals surface area contributed by atoms with Crippen molar-refractivity contribution in [2.75, 3.05) is 6.54 Å². The van der Waals surface area contributed by atoms with Crippen molar-refractivity contribution in [2.45, 2.75) is 51.6 Å². The summed E-state index contributed by atoms with van der Waals surface area (Å²) in [6.45, 7) is 7.63. The first-order chi connectivity index (χ1) is 5.55. The van der Waals surface area contributed by atoms with Crippen LogP contribution in [0.3, 0.4) is 0 Å². The summed E-state index contributed by atoms with van der Waals surface area (Å²) in [5.74, 6) is 0. The van der Waals surface area contributed by atoms with Crippen molar-refractivity contribution >= 4 is 0 Å². The van der Waals surface area contributed by atoms with Gasteiger partial charge in [0, 0.05) is 5.54 Å². The van der Waals surface area contributed by atoms with Gasteiger partial charge in [-0.2, -0.15) is 5.26 Å². The number of piperidine rings is 1. The molecule has 1 rings (SSSR count). The Kier molecular flexibility index (Phi) is 2.74. The fraction of sp³-hybridized carbons (Fsp3) is 0.900. The van der Waals surface area contributed by atoms with Gasteiger partial charge in [-0.25, -0.2) is 0 Å². The van der Waals surface area contributed by atoms with E-state index >= 15 is 0 Å². The zero-order chi connectivity index (χ0) is 9.19. The maximum atomic E-state index is 8.93. The molecule has 2 nitrogen and oxygen atoms in total. The van der Waals surface area contributed by atoms with Gasteiger partial charge in [0.15, 0.2) is 0 Å². The molecule has 0 aromatic carbocycles. The quantitative estimate of drug-likeness (QED) is 0.551. The predicted molar refractivity (Wildman–Crippen MR) is 49.7 cm³/mol. The van der Waals surface area contributed by atoms with Crippen molar-refractivity contribution < 1.29 is 0 Å². The zero-order valence-corrected chi connectivity index (χ0v) is 8.30. The van der Waals surface area contributed by atoms with Gasteiger partial charge in [0.25, 0.3) is 0 Å². The highest BCUT2D eigenvalue weighted by Gasteiger charge is 2.30. The van der Waals surface area contributed by atoms with Crippen molar-refractivity contribution in [3.8, 4) is 6.07 Å². The highest BCUT2D eigenvalue weighted by Crippen LogP contribution is 2.24. The molecule has 0 spiro atoms. The SMILES string of the molecule is CC(C)(C)N1CCCCC1C#N. The van der Waals surface area contributed by atoms with Crippen molar-refractivity contribution in [3.63, 3.8) is 0 Å². The molecule has 1 aliphatic heterocycles. The smallest absolute Gasteiger partial charge is 0.0982 e. The number of nitrogens with zero attached hydrogens (tertiary/aromatic N) is 2. The third-order valence-corrected chi connectivity index (χ3v) is 2.51. The fourth-order valence-corrected chi connectivity index (χ4v) is 1.87. The van der Waals surface area contributed by atoms with Crippen LogP contribution >= 0.6 is 0 Å². The lowest BCUT2D eigenvalue weighted by Crippen LogP contribution is -2.50. The normalized spacial score (nSPS) is 26.7. The van der Waals surface area contributed by atoms with Gasteiger partial charge in [-0.05, 0) is 46.6 Å². The van der Waals surface area contributed by atoms with Gasteiger partial charge < -0.3 is 0 Å². The molecule has 12 heavy (non-hydrogen) atoms. The van der Waals surface area contributed by atoms with E-state index < -0.39 is 0 Å². The molecule has 0 saturated carbocycles. The Labute approximate surface area is 75.2 Å². The second kappa shape index (κ2) is 3.45. The second-order valence-corrected chi connectivity index (χ2v) is 4.50. The topological polar surface area (TPSA) is 27.0 Å². The second-order valence-electron chi connectivity index (χ2n) is 4.50. The molecule has 0 radical (unpaired) electrons. The number of nitriles is 1. The Morgan fingerprint density at radius 3 is 2.42 bits per heavy atom. The highest BCUT2D eigenvalue weighted by atomic mass is 15.2. The molecule has 1 fully saturated rings. The largest absolute Gasteiger partial charge is 0.283 e. The highest BCUT2D eigenvalue weighted by molar-refractivity contribution is 4.98. The molecule has 1 aliphatic rings. The summed E-state index contributed by atoms with van der Waals surface area (Å²) in [6.07, 6.45) is 3.51. The van der Waals surface area contributed by atoms with Crippen LogP contribution in [-0.2, 0) is 0 Å². The fourth-order valence-electron chi connectivity index (χ4n) is 1.87. The standard InChI is InChI=1S/C10H18N2/c1-10(2,3)12-7-5-4-6-9(12)8-11/h9H,4-7H2,1-3H3. The first-order valence-electron chi connectivity index (χ1n) is 4.72. The third-order valence-electron chi connectivity index (χ3n) is 2.51. The van der Waals surface area contributed by atoms with Gasteiger partial charge in [0.05, 0.1) is 12.1 Å². The first-order valence-corrected chi connectivity index (χ1v) is 4.72. The Morgan fingerprint density at radius 2 is 2.00 bits per heavy atom. The molecule has 1 saturated heterocycles. The third kappa shape index (κ3) is 1.98. The van der Waals surface area contributed by atoms with E-state index in [1.54, 1.807) is 0 Å². The minimum absolute atomic E-state index is 0.152. The lowest BCUT2D eigenvalue weighted by molar-refractivity contribution is 0.0781. The summed E-state index contributed by atoms with van der Waals surface area (Å²) in [4.78, 5) is 2.32. The molecule has 1 unspecified atom stereocenters. The van der Waals surface area contributed by atoms with Crippen LogP contribution in [0.15, 0.2) is 0 Å². The Hall–Kier alpha value is -0.550. The summed E-state index contributed by atoms with van der Waals surface area (Å²) >= 11 is 0. The molecule has 0 aromatic rings. The minimum Gasteiger partial charge on any atom is -0.283 e. The van der Waals surface area contributed by atoms with Crippen molar-refractivity contribution in [2.24, 2.45) is 0 Å². The van der Waals surface area contributed by atoms with E-state index in [1.165, 1.54) is 12.8 Å². The van der Waals surface area contributed by atoms with Crippen molar-refractivity contribution in [1.82, 2.24) is 4.90 Å². The predicted octanol–water partition coefficient (Wildman–Crippen LogP) is 2.16. The Morgan fingerprint density at radius 1 is 1.33 bits per heavy atom. The van der Waals surface area contributed by atoms with Crippen LogP contribution in [0.1, 0.15) is 40.0 Å². The molecule has 0 aliphatic carbocycles. The molecule has 0 bridgehead atoms. The van der Waals surface area contributed by atoms with Crippen molar-refractivity contribution in [3.05, 3.63) is 0 Å². The monoisotopic (exact) mass is 166 g/mol. The van der Waals surface area contributed by atoms with Crippen molar-refractivity contribution in [1.29, 1.82) is 5.26 Å². The van der Waals surface area contributed by atoms with Crippen LogP contribution in [0, 0.1) is 11.3 Å². The summed E-state index contributed by atoms with van der Waals surface area (Å²) in [7, 11) is 0. The van der Waals surface area contributed by atoms with Gasteiger partial charge >= 0.3 is 0 Å². The number of rotatable bonds is 0. The van der Waals surface area contributed by atoms with Crippen LogP contribution in [0.2, 0.25) is 0 Å². The van der Waals surface area contributed by atoms with E-state index in [-0.39, 0.29) is 11.6 Å². The lowest BCUT2D eigenvalue weighted by Gasteiger charge is -2.41. The molecule has 0 N–H and O–H groups in total. The molecular weight excluding hydrogens is 148 g/mol. The molecular formula is C10H18N2. The summed E-state index contributed by atoms with van der Waals surface area (Å²) in [6, 6.07) is 2.54. The van der Waals surface area contributed by atoms with Gasteiger partial charge in [-0.15, -0.1) is 0 Å². The number of hydrogen-bond donors (Lipinski definition) is 0. The van der Waals surface area contributed by atoms with E-state index in [9.17, 15) is 0 Å². The molecule has 0 aromatic heterocycles. The van der Waals surface area contributed by atoms with Crippen LogP contribution in [-0.4, -0.2) is 23.0 Å². The van der Waals surface area contributed by atoms with E-state index in [0.29, 0.717) is 0 Å². The van der Waals surface area contributed by atoms with Gasteiger partial charge in [-0.1, -0.05) is 0 Å². The average Bonchev–Trinajstić information content (AvgIpc) is 2.03. The minimum atomic E-state index is 0.152. The molecule has 2 heteroatoms. The van der Waals surface area contributed by atoms with Gasteiger partial charge in [0.1, 0.15) is 0 Å². The van der Waals surface area contributed by atoms with Crippen LogP contribution in [0.5, 0.6) is 0 Å². The van der Waals surface area contributed by atoms with Gasteiger partial charge in [-0.3, -0.25) is 4.90 Å². The molecule has 1 atom stereocenters. The van der Waals surface area contributed by atoms with E-state index in [0.717, 1.165) is 13.0 Å². The maximum absolute atomic E-state index is 8.93. The van der Waals surface area contributed by atoms with Crippen LogP contribution in [0.25, 0.3) is 0 Å². The molecule has 0 amide bonds. The summed E-state index contributed by atoms with van der Waals surface area (Å²) in [5, 5.41) is 8.93. The maximum Gasteiger partial charge on any atom is 0.0982 e. The summed E-state index contributed by atoms with van der Waals surface area (Å²) < 4.78 is 0. The van der Waals surface area contributed by atoms with E-state index in [2.05, 4.69) is 31.7 Å². The lowest BCUT2D eigenvalue weighted by atomic mass is 9.95. The van der Waals surface area contributed by atoms with Gasteiger partial charge in [0.2, 0.25) is 0 Å². The number of likely N-dealkylation sites (tertiary alicyclic amines) is 1. The van der Waals surface area contributed by atoms with Crippen LogP contribution in [0.4, 0.5) is 0 Å². The van der Waals surface area contributed by atoms with E-state index in [1.807, 2.05) is 0 Å². The van der Waals surface area contributed by atoms with Crippen LogP contribution < -0.4 is 0 Å². The average molecular weight is 166 g/mol. The number of hydrogen-bond acceptors (Lipinski definition) is 2. The zero-order valence-electron chi connectivity index (χ0n) is 8.30. The molecule has 68 valence electrons. The Bertz CT molecular complexity index is 185. The summed E-state index contributed by atoms with van der Waals surface area (Å²) in [5.41, 5.74) is 0.154.